The minimum Gasteiger partial charge on any atom is -0.493 e. The van der Waals surface area contributed by atoms with Gasteiger partial charge in [0, 0.05) is 33.8 Å². The Hall–Kier alpha value is -3.49. The lowest BCUT2D eigenvalue weighted by Gasteiger charge is -2.18. The van der Waals surface area contributed by atoms with Gasteiger partial charge in [-0.1, -0.05) is 61.5 Å². The third-order valence-corrected chi connectivity index (χ3v) is 7.31. The molecule has 0 fully saturated rings. The van der Waals surface area contributed by atoms with Crippen LogP contribution in [-0.4, -0.2) is 35.3 Å². The van der Waals surface area contributed by atoms with Crippen LogP contribution in [0.25, 0.3) is 10.9 Å². The Bertz CT molecular complexity index is 1350. The first-order valence-electron chi connectivity index (χ1n) is 12.4. The van der Waals surface area contributed by atoms with Crippen molar-refractivity contribution in [2.45, 2.75) is 55.7 Å². The van der Waals surface area contributed by atoms with E-state index >= 15 is 0 Å². The van der Waals surface area contributed by atoms with Crippen LogP contribution in [0.1, 0.15) is 37.8 Å². The van der Waals surface area contributed by atoms with Crippen molar-refractivity contribution in [1.82, 2.24) is 9.97 Å². The molecular formula is C29H34N4O3S. The lowest BCUT2D eigenvalue weighted by Crippen LogP contribution is -2.17. The van der Waals surface area contributed by atoms with Crippen LogP contribution in [0.3, 0.4) is 0 Å². The fourth-order valence-corrected chi connectivity index (χ4v) is 5.22. The number of ether oxygens (including phenoxy) is 2. The standard InChI is InChI=1S/C29H34N4O3S/c1-5-10-19(2)31-28-22-15-24(35-3)25(36-4)16-23(22)32-29(33-28)30-17-20-11-6-8-13-26(20)37-27-14-9-7-12-21(27)18-34/h6-9,11-16,19,34H,5,10,17-18H2,1-4H3,(H2,30,31,32,33). The van der Waals surface area contributed by atoms with Crippen molar-refractivity contribution in [3.63, 3.8) is 0 Å². The highest BCUT2D eigenvalue weighted by Gasteiger charge is 2.15. The molecule has 0 aliphatic rings. The van der Waals surface area contributed by atoms with E-state index in [2.05, 4.69) is 36.6 Å². The third-order valence-electron chi connectivity index (χ3n) is 6.08. The summed E-state index contributed by atoms with van der Waals surface area (Å²) in [6, 6.07) is 20.2. The largest absolute Gasteiger partial charge is 0.493 e. The number of nitrogens with zero attached hydrogens (tertiary/aromatic N) is 2. The maximum Gasteiger partial charge on any atom is 0.225 e. The number of hydrogen-bond acceptors (Lipinski definition) is 8. The first kappa shape index (κ1) is 26.6. The highest BCUT2D eigenvalue weighted by Crippen LogP contribution is 2.36. The monoisotopic (exact) mass is 518 g/mol. The fraction of sp³-hybridized carbons (Fsp3) is 0.310. The zero-order valence-electron chi connectivity index (χ0n) is 21.7. The molecular weight excluding hydrogens is 484 g/mol. The molecule has 0 radical (unpaired) electrons. The quantitative estimate of drug-likeness (QED) is 0.196. The van der Waals surface area contributed by atoms with Crippen LogP contribution < -0.4 is 20.1 Å². The molecule has 0 aliphatic heterocycles. The number of methoxy groups -OCH3 is 2. The molecule has 0 spiro atoms. The van der Waals surface area contributed by atoms with Crippen LogP contribution in [0.4, 0.5) is 11.8 Å². The summed E-state index contributed by atoms with van der Waals surface area (Å²) in [4.78, 5) is 11.8. The molecule has 0 amide bonds. The van der Waals surface area contributed by atoms with Gasteiger partial charge in [-0.05, 0) is 42.7 Å². The molecule has 1 atom stereocenters. The van der Waals surface area contributed by atoms with E-state index in [1.54, 1.807) is 26.0 Å². The second-order valence-corrected chi connectivity index (χ2v) is 9.87. The first-order valence-corrected chi connectivity index (χ1v) is 13.3. The van der Waals surface area contributed by atoms with E-state index < -0.39 is 0 Å². The fourth-order valence-electron chi connectivity index (χ4n) is 4.16. The predicted octanol–water partition coefficient (Wildman–Crippen LogP) is 6.50. The van der Waals surface area contributed by atoms with Crippen molar-refractivity contribution in [2.24, 2.45) is 0 Å². The number of aliphatic hydroxyl groups excluding tert-OH is 1. The van der Waals surface area contributed by atoms with Crippen molar-refractivity contribution < 1.29 is 14.6 Å². The van der Waals surface area contributed by atoms with E-state index in [0.717, 1.165) is 50.5 Å². The lowest BCUT2D eigenvalue weighted by molar-refractivity contribution is 0.279. The third kappa shape index (κ3) is 6.45. The summed E-state index contributed by atoms with van der Waals surface area (Å²) in [5.74, 6) is 2.55. The Morgan fingerprint density at radius 1 is 0.919 bits per heavy atom. The van der Waals surface area contributed by atoms with Gasteiger partial charge in [0.2, 0.25) is 5.95 Å². The van der Waals surface area contributed by atoms with Crippen molar-refractivity contribution in [2.75, 3.05) is 24.9 Å². The highest BCUT2D eigenvalue weighted by molar-refractivity contribution is 7.99. The van der Waals surface area contributed by atoms with Gasteiger partial charge in [-0.2, -0.15) is 4.98 Å². The maximum absolute atomic E-state index is 9.73. The van der Waals surface area contributed by atoms with Crippen LogP contribution in [0.5, 0.6) is 11.5 Å². The summed E-state index contributed by atoms with van der Waals surface area (Å²) in [6.45, 7) is 4.89. The first-order chi connectivity index (χ1) is 18.1. The second kappa shape index (κ2) is 12.7. The van der Waals surface area contributed by atoms with Crippen LogP contribution in [0, 0.1) is 0 Å². The summed E-state index contributed by atoms with van der Waals surface area (Å²) in [6.07, 6.45) is 2.11. The van der Waals surface area contributed by atoms with Gasteiger partial charge in [0.15, 0.2) is 11.5 Å². The number of benzene rings is 3. The van der Waals surface area contributed by atoms with E-state index in [-0.39, 0.29) is 12.6 Å². The van der Waals surface area contributed by atoms with Crippen LogP contribution in [-0.2, 0) is 13.2 Å². The number of hydrogen-bond donors (Lipinski definition) is 3. The van der Waals surface area contributed by atoms with Gasteiger partial charge in [-0.25, -0.2) is 4.98 Å². The Kier molecular flexibility index (Phi) is 9.09. The average molecular weight is 519 g/mol. The number of anilines is 2. The number of rotatable bonds is 12. The Balaban J connectivity index is 1.64. The lowest BCUT2D eigenvalue weighted by atomic mass is 10.1. The molecule has 0 bridgehead atoms. The molecule has 1 unspecified atom stereocenters. The van der Waals surface area contributed by atoms with E-state index in [0.29, 0.717) is 24.0 Å². The summed E-state index contributed by atoms with van der Waals surface area (Å²) < 4.78 is 11.0. The van der Waals surface area contributed by atoms with Gasteiger partial charge in [0.05, 0.1) is 26.3 Å². The average Bonchev–Trinajstić information content (AvgIpc) is 2.92. The van der Waals surface area contributed by atoms with E-state index in [1.807, 2.05) is 48.5 Å². The molecule has 4 aromatic rings. The van der Waals surface area contributed by atoms with Crippen molar-refractivity contribution in [3.8, 4) is 11.5 Å². The van der Waals surface area contributed by atoms with Crippen LogP contribution in [0.2, 0.25) is 0 Å². The van der Waals surface area contributed by atoms with Gasteiger partial charge in [0.1, 0.15) is 5.82 Å². The Morgan fingerprint density at radius 2 is 1.57 bits per heavy atom. The number of nitrogens with one attached hydrogen (secondary N) is 2. The summed E-state index contributed by atoms with van der Waals surface area (Å²) in [5.41, 5.74) is 2.79. The molecule has 4 rings (SSSR count). The van der Waals surface area contributed by atoms with Crippen LogP contribution in [0.15, 0.2) is 70.5 Å². The topological polar surface area (TPSA) is 88.5 Å². The highest BCUT2D eigenvalue weighted by atomic mass is 32.2. The maximum atomic E-state index is 9.73. The van der Waals surface area contributed by atoms with Gasteiger partial charge >= 0.3 is 0 Å². The number of fused-ring (bicyclic) bond motifs is 1. The zero-order chi connectivity index (χ0) is 26.2. The normalized spacial score (nSPS) is 11.8. The van der Waals surface area contributed by atoms with Crippen molar-refractivity contribution >= 4 is 34.4 Å². The molecule has 1 heterocycles. The second-order valence-electron chi connectivity index (χ2n) is 8.78. The Labute approximate surface area is 222 Å². The molecule has 37 heavy (non-hydrogen) atoms. The molecule has 7 nitrogen and oxygen atoms in total. The molecule has 1 aromatic heterocycles. The molecule has 3 N–H and O–H groups in total. The molecule has 3 aromatic carbocycles. The van der Waals surface area contributed by atoms with E-state index in [9.17, 15) is 5.11 Å². The van der Waals surface area contributed by atoms with Crippen molar-refractivity contribution in [3.05, 3.63) is 71.8 Å². The van der Waals surface area contributed by atoms with Gasteiger partial charge in [-0.15, -0.1) is 0 Å². The molecule has 0 aliphatic carbocycles. The molecule has 0 saturated heterocycles. The molecule has 194 valence electrons. The zero-order valence-corrected chi connectivity index (χ0v) is 22.6. The van der Waals surface area contributed by atoms with Gasteiger partial charge in [0.25, 0.3) is 0 Å². The van der Waals surface area contributed by atoms with Crippen LogP contribution >= 0.6 is 11.8 Å². The minimum atomic E-state index is 0.00893. The summed E-state index contributed by atoms with van der Waals surface area (Å²) in [5, 5.41) is 17.6. The predicted molar refractivity (Wildman–Crippen MR) is 151 cm³/mol. The van der Waals surface area contributed by atoms with E-state index in [4.69, 9.17) is 19.4 Å². The van der Waals surface area contributed by atoms with Gasteiger partial charge < -0.3 is 25.2 Å². The minimum absolute atomic E-state index is 0.00893. The Morgan fingerprint density at radius 3 is 2.24 bits per heavy atom. The van der Waals surface area contributed by atoms with E-state index in [1.165, 1.54) is 0 Å². The molecule has 0 saturated carbocycles. The smallest absolute Gasteiger partial charge is 0.225 e. The summed E-state index contributed by atoms with van der Waals surface area (Å²) in [7, 11) is 3.25. The van der Waals surface area contributed by atoms with Gasteiger partial charge in [-0.3, -0.25) is 0 Å². The summed E-state index contributed by atoms with van der Waals surface area (Å²) >= 11 is 1.65. The molecule has 8 heteroatoms. The number of aliphatic hydroxyl groups is 1. The SMILES string of the molecule is CCCC(C)Nc1nc(NCc2ccccc2Sc2ccccc2CO)nc2cc(OC)c(OC)cc12. The number of aromatic nitrogens is 2. The van der Waals surface area contributed by atoms with Crippen molar-refractivity contribution in [1.29, 1.82) is 0 Å².